The zero-order valence-corrected chi connectivity index (χ0v) is 14.4. The maximum atomic E-state index is 12.0. The summed E-state index contributed by atoms with van der Waals surface area (Å²) in [6.45, 7) is 0.800. The second-order valence-electron chi connectivity index (χ2n) is 5.34. The lowest BCUT2D eigenvalue weighted by molar-refractivity contribution is -0.385. The molecule has 0 unspecified atom stereocenters. The minimum Gasteiger partial charge on any atom is -0.485 e. The van der Waals surface area contributed by atoms with Gasteiger partial charge in [-0.2, -0.15) is 0 Å². The number of likely N-dealkylation sites (N-methyl/N-ethyl adjacent to an activating group) is 1. The quantitative estimate of drug-likeness (QED) is 0.575. The summed E-state index contributed by atoms with van der Waals surface area (Å²) in [6, 6.07) is 13.2. The number of anilines is 1. The van der Waals surface area contributed by atoms with Crippen LogP contribution in [0.25, 0.3) is 0 Å². The number of nitrogens with one attached hydrogen (secondary N) is 1. The highest BCUT2D eigenvalue weighted by Gasteiger charge is 2.14. The Balaban J connectivity index is 1.79. The van der Waals surface area contributed by atoms with Crippen molar-refractivity contribution in [3.63, 3.8) is 0 Å². The van der Waals surface area contributed by atoms with Gasteiger partial charge in [0.05, 0.1) is 22.2 Å². The second-order valence-corrected chi connectivity index (χ2v) is 5.75. The van der Waals surface area contributed by atoms with Crippen molar-refractivity contribution in [3.8, 4) is 5.75 Å². The summed E-state index contributed by atoms with van der Waals surface area (Å²) in [6.07, 6.45) is 0. The minimum absolute atomic E-state index is 0.0818. The Morgan fingerprint density at radius 2 is 1.92 bits per heavy atom. The van der Waals surface area contributed by atoms with Crippen molar-refractivity contribution in [3.05, 3.63) is 63.7 Å². The fourth-order valence-corrected chi connectivity index (χ4v) is 2.30. The molecule has 0 fully saturated rings. The van der Waals surface area contributed by atoms with E-state index in [-0.39, 0.29) is 30.5 Å². The summed E-state index contributed by atoms with van der Waals surface area (Å²) in [4.78, 5) is 24.2. The number of para-hydroxylation sites is 3. The molecule has 0 saturated carbocycles. The first-order chi connectivity index (χ1) is 12.0. The number of hydrogen-bond donors (Lipinski definition) is 1. The second kappa shape index (κ2) is 9.00. The van der Waals surface area contributed by atoms with Crippen molar-refractivity contribution in [1.82, 2.24) is 4.90 Å². The molecule has 0 aliphatic heterocycles. The third-order valence-electron chi connectivity index (χ3n) is 3.35. The maximum Gasteiger partial charge on any atom is 0.310 e. The summed E-state index contributed by atoms with van der Waals surface area (Å²) in [5, 5.41) is 14.1. The monoisotopic (exact) mass is 363 g/mol. The zero-order valence-electron chi connectivity index (χ0n) is 13.6. The van der Waals surface area contributed by atoms with Crippen LogP contribution < -0.4 is 10.1 Å². The summed E-state index contributed by atoms with van der Waals surface area (Å²) in [7, 11) is 1.76. The number of nitrogens with zero attached hydrogens (tertiary/aromatic N) is 2. The normalized spacial score (nSPS) is 10.5. The Bertz CT molecular complexity index is 754. The van der Waals surface area contributed by atoms with E-state index in [1.807, 2.05) is 0 Å². The van der Waals surface area contributed by atoms with Gasteiger partial charge in [0.25, 0.3) is 0 Å². The number of hydrogen-bond acceptors (Lipinski definition) is 5. The van der Waals surface area contributed by atoms with Crippen LogP contribution in [0.2, 0.25) is 5.02 Å². The number of nitro groups is 1. The Kier molecular flexibility index (Phi) is 6.73. The fraction of sp³-hybridized carbons (Fsp3) is 0.235. The van der Waals surface area contributed by atoms with Crippen molar-refractivity contribution in [2.45, 2.75) is 0 Å². The van der Waals surface area contributed by atoms with Crippen LogP contribution in [-0.2, 0) is 4.79 Å². The topological polar surface area (TPSA) is 84.7 Å². The summed E-state index contributed by atoms with van der Waals surface area (Å²) in [5.74, 6) is 0.00251. The molecule has 0 aliphatic rings. The molecule has 1 N–H and O–H groups in total. The molecule has 0 atom stereocenters. The number of halogens is 1. The van der Waals surface area contributed by atoms with Crippen LogP contribution in [0.1, 0.15) is 0 Å². The molecule has 0 saturated heterocycles. The minimum atomic E-state index is -0.490. The molecule has 7 nitrogen and oxygen atoms in total. The highest BCUT2D eigenvalue weighted by Crippen LogP contribution is 2.25. The average molecular weight is 364 g/mol. The number of nitro benzene ring substituents is 1. The number of carbonyl (C=O) groups excluding carboxylic acids is 1. The Labute approximate surface area is 150 Å². The van der Waals surface area contributed by atoms with E-state index in [0.717, 1.165) is 0 Å². The van der Waals surface area contributed by atoms with Gasteiger partial charge in [-0.1, -0.05) is 35.9 Å². The van der Waals surface area contributed by atoms with Crippen molar-refractivity contribution in [1.29, 1.82) is 0 Å². The van der Waals surface area contributed by atoms with E-state index in [1.165, 1.54) is 6.07 Å². The first-order valence-electron chi connectivity index (χ1n) is 7.56. The van der Waals surface area contributed by atoms with Gasteiger partial charge in [-0.25, -0.2) is 0 Å². The molecule has 25 heavy (non-hydrogen) atoms. The Morgan fingerprint density at radius 1 is 1.24 bits per heavy atom. The summed E-state index contributed by atoms with van der Waals surface area (Å²) < 4.78 is 5.45. The third kappa shape index (κ3) is 5.74. The molecule has 0 aromatic heterocycles. The van der Waals surface area contributed by atoms with E-state index in [2.05, 4.69) is 5.32 Å². The van der Waals surface area contributed by atoms with Gasteiger partial charge in [0.1, 0.15) is 6.61 Å². The standard InChI is InChI=1S/C17H18ClN3O4/c1-20(12-17(22)19-14-7-3-2-6-13(14)18)10-11-25-16-9-5-4-8-15(16)21(23)24/h2-9H,10-12H2,1H3,(H,19,22). The lowest BCUT2D eigenvalue weighted by Crippen LogP contribution is -2.33. The lowest BCUT2D eigenvalue weighted by Gasteiger charge is -2.17. The van der Waals surface area contributed by atoms with Crippen molar-refractivity contribution in [2.75, 3.05) is 32.1 Å². The smallest absolute Gasteiger partial charge is 0.310 e. The van der Waals surface area contributed by atoms with E-state index in [0.29, 0.717) is 17.3 Å². The number of rotatable bonds is 8. The van der Waals surface area contributed by atoms with Gasteiger partial charge in [-0.3, -0.25) is 19.8 Å². The predicted octanol–water partition coefficient (Wildman–Crippen LogP) is 3.20. The molecule has 0 heterocycles. The highest BCUT2D eigenvalue weighted by molar-refractivity contribution is 6.33. The van der Waals surface area contributed by atoms with Gasteiger partial charge < -0.3 is 10.1 Å². The first kappa shape index (κ1) is 18.7. The van der Waals surface area contributed by atoms with Crippen molar-refractivity contribution >= 4 is 28.9 Å². The van der Waals surface area contributed by atoms with E-state index < -0.39 is 4.92 Å². The molecule has 1 amide bonds. The van der Waals surface area contributed by atoms with Gasteiger partial charge in [0.2, 0.25) is 5.91 Å². The molecular formula is C17H18ClN3O4. The molecule has 8 heteroatoms. The number of ether oxygens (including phenoxy) is 1. The van der Waals surface area contributed by atoms with E-state index >= 15 is 0 Å². The van der Waals surface area contributed by atoms with Crippen LogP contribution in [-0.4, -0.2) is 42.5 Å². The van der Waals surface area contributed by atoms with Crippen LogP contribution in [0.15, 0.2) is 48.5 Å². The number of amides is 1. The summed E-state index contributed by atoms with van der Waals surface area (Å²) in [5.41, 5.74) is 0.473. The van der Waals surface area contributed by atoms with Crippen LogP contribution in [0.4, 0.5) is 11.4 Å². The van der Waals surface area contributed by atoms with Gasteiger partial charge in [0.15, 0.2) is 5.75 Å². The molecule has 2 rings (SSSR count). The van der Waals surface area contributed by atoms with Gasteiger partial charge in [-0.15, -0.1) is 0 Å². The molecule has 0 aliphatic carbocycles. The highest BCUT2D eigenvalue weighted by atomic mass is 35.5. The molecule has 2 aromatic rings. The van der Waals surface area contributed by atoms with Gasteiger partial charge >= 0.3 is 5.69 Å². The van der Waals surface area contributed by atoms with E-state index in [9.17, 15) is 14.9 Å². The van der Waals surface area contributed by atoms with Crippen LogP contribution in [0, 0.1) is 10.1 Å². The SMILES string of the molecule is CN(CCOc1ccccc1[N+](=O)[O-])CC(=O)Nc1ccccc1Cl. The summed E-state index contributed by atoms with van der Waals surface area (Å²) >= 11 is 5.99. The number of carbonyl (C=O) groups is 1. The van der Waals surface area contributed by atoms with Crippen LogP contribution in [0.3, 0.4) is 0 Å². The average Bonchev–Trinajstić information content (AvgIpc) is 2.57. The Morgan fingerprint density at radius 3 is 2.64 bits per heavy atom. The molecular weight excluding hydrogens is 346 g/mol. The van der Waals surface area contributed by atoms with Gasteiger partial charge in [0, 0.05) is 12.6 Å². The van der Waals surface area contributed by atoms with Crippen LogP contribution >= 0.6 is 11.6 Å². The largest absolute Gasteiger partial charge is 0.485 e. The van der Waals surface area contributed by atoms with Gasteiger partial charge in [-0.05, 0) is 25.2 Å². The van der Waals surface area contributed by atoms with E-state index in [4.69, 9.17) is 16.3 Å². The first-order valence-corrected chi connectivity index (χ1v) is 7.94. The molecule has 132 valence electrons. The lowest BCUT2D eigenvalue weighted by atomic mass is 10.3. The van der Waals surface area contributed by atoms with Crippen molar-refractivity contribution < 1.29 is 14.5 Å². The number of benzene rings is 2. The van der Waals surface area contributed by atoms with Crippen molar-refractivity contribution in [2.24, 2.45) is 0 Å². The molecule has 0 radical (unpaired) electrons. The van der Waals surface area contributed by atoms with Crippen LogP contribution in [0.5, 0.6) is 5.75 Å². The fourth-order valence-electron chi connectivity index (χ4n) is 2.12. The predicted molar refractivity (Wildman–Crippen MR) is 96.2 cm³/mol. The molecule has 0 spiro atoms. The third-order valence-corrected chi connectivity index (χ3v) is 3.68. The molecule has 2 aromatic carbocycles. The maximum absolute atomic E-state index is 12.0. The molecule has 0 bridgehead atoms. The zero-order chi connectivity index (χ0) is 18.2. The van der Waals surface area contributed by atoms with E-state index in [1.54, 1.807) is 54.4 Å². The Hall–Kier alpha value is -2.64.